The highest BCUT2D eigenvalue weighted by molar-refractivity contribution is 7.94. The van der Waals surface area contributed by atoms with Gasteiger partial charge in [0.05, 0.1) is 0 Å². The maximum Gasteiger partial charge on any atom is 0.252 e. The lowest BCUT2D eigenvalue weighted by atomic mass is 10.1. The molecule has 1 aromatic heterocycles. The van der Waals surface area contributed by atoms with Crippen molar-refractivity contribution in [2.24, 2.45) is 5.14 Å². The van der Waals surface area contributed by atoms with Crippen molar-refractivity contribution in [1.82, 2.24) is 9.62 Å². The molecule has 1 aliphatic rings. The number of nitrogens with zero attached hydrogens (tertiary/aromatic N) is 1. The van der Waals surface area contributed by atoms with Gasteiger partial charge in [-0.15, -0.1) is 11.3 Å². The average molecular weight is 386 g/mol. The summed E-state index contributed by atoms with van der Waals surface area (Å²) in [6, 6.07) is 0.718. The Morgan fingerprint density at radius 3 is 2.87 bits per heavy atom. The second-order valence-electron chi connectivity index (χ2n) is 4.90. The van der Waals surface area contributed by atoms with E-state index < -0.39 is 32.6 Å². The average Bonchev–Trinajstić information content (AvgIpc) is 2.95. The Morgan fingerprint density at radius 1 is 1.61 bits per heavy atom. The van der Waals surface area contributed by atoms with Gasteiger partial charge in [0.1, 0.15) is 8.42 Å². The van der Waals surface area contributed by atoms with Crippen LogP contribution in [-0.2, 0) is 24.8 Å². The quantitative estimate of drug-likeness (QED) is 0.686. The minimum absolute atomic E-state index is 0.0462. The number of thiophene rings is 1. The molecule has 23 heavy (non-hydrogen) atoms. The van der Waals surface area contributed by atoms with Crippen molar-refractivity contribution in [3.63, 3.8) is 0 Å². The highest BCUT2D eigenvalue weighted by Crippen LogP contribution is 2.39. The molecule has 132 valence electrons. The Balaban J connectivity index is 2.58. The van der Waals surface area contributed by atoms with Gasteiger partial charge in [-0.1, -0.05) is 6.92 Å². The molecule has 0 amide bonds. The molecule has 0 aliphatic carbocycles. The van der Waals surface area contributed by atoms with E-state index in [0.717, 1.165) is 4.31 Å². The summed E-state index contributed by atoms with van der Waals surface area (Å²) in [7, 11) is -6.86. The fourth-order valence-corrected chi connectivity index (χ4v) is 6.37. The molecular weight excluding hydrogens is 362 g/mol. The van der Waals surface area contributed by atoms with Gasteiger partial charge in [-0.05, 0) is 19.0 Å². The molecular formula is C12H21N3O5S3. The van der Waals surface area contributed by atoms with Crippen molar-refractivity contribution in [3.8, 4) is 0 Å². The summed E-state index contributed by atoms with van der Waals surface area (Å²) in [5.41, 5.74) is 0.301. The molecule has 0 aromatic carbocycles. The lowest BCUT2D eigenvalue weighted by Crippen LogP contribution is -2.43. The highest BCUT2D eigenvalue weighted by atomic mass is 32.3. The molecule has 0 saturated heterocycles. The molecule has 0 spiro atoms. The number of hydrogen-bond donors (Lipinski definition) is 2. The van der Waals surface area contributed by atoms with Crippen LogP contribution in [0.4, 0.5) is 0 Å². The van der Waals surface area contributed by atoms with Crippen molar-refractivity contribution in [1.29, 1.82) is 0 Å². The van der Waals surface area contributed by atoms with Gasteiger partial charge in [-0.25, -0.2) is 22.0 Å². The Hall–Kier alpha value is -0.560. The van der Waals surface area contributed by atoms with E-state index in [1.54, 1.807) is 0 Å². The maximum atomic E-state index is 12.9. The summed E-state index contributed by atoms with van der Waals surface area (Å²) >= 11 is 0.542. The third-order valence-electron chi connectivity index (χ3n) is 3.28. The SMILES string of the molecule is [2H]C([2H])(CCOC)N1C[C@H](NCC)c2cc(S(N)(=O)=O)sc2S1(=O)=O. The summed E-state index contributed by atoms with van der Waals surface area (Å²) < 4.78 is 70.5. The van der Waals surface area contributed by atoms with E-state index in [4.69, 9.17) is 12.6 Å². The summed E-state index contributed by atoms with van der Waals surface area (Å²) in [5, 5.41) is 8.19. The molecule has 2 heterocycles. The van der Waals surface area contributed by atoms with E-state index >= 15 is 0 Å². The molecule has 2 rings (SSSR count). The standard InChI is InChI=1S/C12H21N3O5S3/c1-3-14-10-8-15(5-4-6-20-2)23(18,19)12-9(10)7-11(21-12)22(13,16)17/h7,10,14H,3-6,8H2,1-2H3,(H2,13,16,17)/t10-/m0/s1/i5D2. The zero-order valence-corrected chi connectivity index (χ0v) is 15.2. The van der Waals surface area contributed by atoms with E-state index in [0.29, 0.717) is 23.4 Å². The van der Waals surface area contributed by atoms with E-state index in [1.165, 1.54) is 13.2 Å². The molecule has 3 N–H and O–H groups in total. The summed E-state index contributed by atoms with van der Waals surface area (Å²) in [5.74, 6) is 0. The number of likely N-dealkylation sites (N-methyl/N-ethyl adjacent to an activating group) is 1. The number of primary sulfonamides is 1. The van der Waals surface area contributed by atoms with Crippen LogP contribution in [0.15, 0.2) is 14.5 Å². The topological polar surface area (TPSA) is 119 Å². The van der Waals surface area contributed by atoms with Crippen LogP contribution in [0.25, 0.3) is 0 Å². The monoisotopic (exact) mass is 385 g/mol. The number of sulfonamides is 2. The summed E-state index contributed by atoms with van der Waals surface area (Å²) in [6.07, 6.45) is -0.148. The smallest absolute Gasteiger partial charge is 0.252 e. The normalized spacial score (nSPS) is 23.2. The predicted octanol–water partition coefficient (Wildman–Crippen LogP) is 0.0869. The molecule has 11 heteroatoms. The first-order valence-electron chi connectivity index (χ1n) is 7.87. The van der Waals surface area contributed by atoms with E-state index in [1.807, 2.05) is 6.92 Å². The van der Waals surface area contributed by atoms with Crippen LogP contribution in [-0.4, -0.2) is 54.4 Å². The van der Waals surface area contributed by atoms with Crippen LogP contribution in [0.3, 0.4) is 0 Å². The van der Waals surface area contributed by atoms with Crippen LogP contribution < -0.4 is 10.5 Å². The Labute approximate surface area is 143 Å². The number of nitrogens with two attached hydrogens (primary N) is 1. The number of nitrogens with one attached hydrogen (secondary N) is 1. The van der Waals surface area contributed by atoms with Gasteiger partial charge in [0.2, 0.25) is 10.0 Å². The number of rotatable bonds is 7. The summed E-state index contributed by atoms with van der Waals surface area (Å²) in [4.78, 5) is 0. The molecule has 8 nitrogen and oxygen atoms in total. The van der Waals surface area contributed by atoms with Gasteiger partial charge >= 0.3 is 0 Å². The third-order valence-corrected chi connectivity index (χ3v) is 8.09. The molecule has 0 fully saturated rings. The van der Waals surface area contributed by atoms with Gasteiger partial charge in [-0.2, -0.15) is 4.31 Å². The summed E-state index contributed by atoms with van der Waals surface area (Å²) in [6.45, 7) is 0.0382. The molecule has 0 radical (unpaired) electrons. The third kappa shape index (κ3) is 3.92. The minimum atomic E-state index is -4.20. The largest absolute Gasteiger partial charge is 0.385 e. The number of methoxy groups -OCH3 is 1. The van der Waals surface area contributed by atoms with Crippen molar-refractivity contribution in [2.45, 2.75) is 27.8 Å². The van der Waals surface area contributed by atoms with Crippen LogP contribution in [0.5, 0.6) is 0 Å². The Morgan fingerprint density at radius 2 is 2.30 bits per heavy atom. The Bertz CT molecular complexity index is 838. The van der Waals surface area contributed by atoms with Crippen molar-refractivity contribution < 1.29 is 24.3 Å². The van der Waals surface area contributed by atoms with Gasteiger partial charge in [0, 0.05) is 41.1 Å². The van der Waals surface area contributed by atoms with Crippen LogP contribution in [0.2, 0.25) is 0 Å². The molecule has 0 saturated carbocycles. The predicted molar refractivity (Wildman–Crippen MR) is 87.4 cm³/mol. The van der Waals surface area contributed by atoms with E-state index in [-0.39, 0.29) is 28.0 Å². The zero-order chi connectivity index (χ0) is 19.0. The zero-order valence-electron chi connectivity index (χ0n) is 14.8. The lowest BCUT2D eigenvalue weighted by Gasteiger charge is -2.32. The van der Waals surface area contributed by atoms with Crippen LogP contribution in [0.1, 0.15) is 27.7 Å². The first-order chi connectivity index (χ1) is 11.4. The molecule has 0 bridgehead atoms. The second kappa shape index (κ2) is 7.13. The molecule has 1 aromatic rings. The van der Waals surface area contributed by atoms with Crippen LogP contribution in [0, 0.1) is 0 Å². The second-order valence-corrected chi connectivity index (χ2v) is 9.80. The highest BCUT2D eigenvalue weighted by Gasteiger charge is 2.39. The fraction of sp³-hybridized carbons (Fsp3) is 0.667. The molecule has 1 aliphatic heterocycles. The van der Waals surface area contributed by atoms with E-state index in [2.05, 4.69) is 5.32 Å². The Kier molecular flexibility index (Phi) is 4.94. The van der Waals surface area contributed by atoms with Gasteiger partial charge in [0.25, 0.3) is 10.0 Å². The number of ether oxygens (including phenoxy) is 1. The van der Waals surface area contributed by atoms with Crippen molar-refractivity contribution >= 4 is 31.4 Å². The number of hydrogen-bond acceptors (Lipinski definition) is 7. The van der Waals surface area contributed by atoms with E-state index in [9.17, 15) is 16.8 Å². The van der Waals surface area contributed by atoms with Crippen molar-refractivity contribution in [2.75, 3.05) is 33.3 Å². The van der Waals surface area contributed by atoms with Gasteiger partial charge in [0.15, 0.2) is 0 Å². The maximum absolute atomic E-state index is 12.9. The van der Waals surface area contributed by atoms with Crippen molar-refractivity contribution in [3.05, 3.63) is 11.6 Å². The fourth-order valence-electron chi connectivity index (χ4n) is 2.26. The van der Waals surface area contributed by atoms with Gasteiger partial charge in [-0.3, -0.25) is 0 Å². The molecule has 0 unspecified atom stereocenters. The number of fused-ring (bicyclic) bond motifs is 1. The first kappa shape index (κ1) is 15.9. The van der Waals surface area contributed by atoms with Crippen LogP contribution >= 0.6 is 11.3 Å². The minimum Gasteiger partial charge on any atom is -0.385 e. The van der Waals surface area contributed by atoms with Gasteiger partial charge < -0.3 is 10.1 Å². The first-order valence-corrected chi connectivity index (χ1v) is 10.7. The molecule has 1 atom stereocenters. The lowest BCUT2D eigenvalue weighted by molar-refractivity contribution is 0.185.